The van der Waals surface area contributed by atoms with Crippen LogP contribution in [0.15, 0.2) is 65.7 Å². The molecular formula is C34H38N8O6. The molecule has 250 valence electrons. The van der Waals surface area contributed by atoms with E-state index in [1.165, 1.54) is 24.5 Å². The highest BCUT2D eigenvalue weighted by Crippen LogP contribution is 2.24. The lowest BCUT2D eigenvalue weighted by Gasteiger charge is -2.25. The third-order valence-corrected chi connectivity index (χ3v) is 7.81. The smallest absolute Gasteiger partial charge is 0.261 e. The van der Waals surface area contributed by atoms with Gasteiger partial charge in [0.05, 0.1) is 17.3 Å². The van der Waals surface area contributed by atoms with Crippen LogP contribution in [0.25, 0.3) is 11.2 Å². The number of aryl methyl sites for hydroxylation is 2. The predicted octanol–water partition coefficient (Wildman–Crippen LogP) is 1.45. The van der Waals surface area contributed by atoms with Crippen LogP contribution in [0.4, 0.5) is 5.69 Å². The van der Waals surface area contributed by atoms with E-state index >= 15 is 0 Å². The van der Waals surface area contributed by atoms with Crippen molar-refractivity contribution in [1.82, 2.24) is 30.5 Å². The van der Waals surface area contributed by atoms with Crippen molar-refractivity contribution in [3.63, 3.8) is 0 Å². The molecule has 6 N–H and O–H groups in total. The molecular weight excluding hydrogens is 616 g/mol. The maximum absolute atomic E-state index is 13.4. The summed E-state index contributed by atoms with van der Waals surface area (Å²) in [7, 11) is 0. The number of pyridine rings is 1. The van der Waals surface area contributed by atoms with E-state index in [0.29, 0.717) is 24.3 Å². The van der Waals surface area contributed by atoms with Gasteiger partial charge in [-0.15, -0.1) is 0 Å². The van der Waals surface area contributed by atoms with Crippen LogP contribution in [-0.4, -0.2) is 69.9 Å². The molecule has 14 heteroatoms. The van der Waals surface area contributed by atoms with E-state index in [1.807, 2.05) is 37.3 Å². The second-order valence-electron chi connectivity index (χ2n) is 11.4. The molecule has 0 radical (unpaired) electrons. The lowest BCUT2D eigenvalue weighted by molar-refractivity contribution is -0.129. The summed E-state index contributed by atoms with van der Waals surface area (Å²) in [4.78, 5) is 74.6. The SMILES string of the molecule is CCn1cc(C(=O)Nc2ccc3c(c2)C(=O)NCCC(=O)N[C@H](CCN)C(=O)N[C@@H](Cc2ccccc2)CO3)c(=O)c2ncc(C)nc21. The number of ether oxygens (including phenoxy) is 1. The Morgan fingerprint density at radius 1 is 1.10 bits per heavy atom. The summed E-state index contributed by atoms with van der Waals surface area (Å²) < 4.78 is 7.81. The maximum atomic E-state index is 13.4. The zero-order valence-corrected chi connectivity index (χ0v) is 26.7. The summed E-state index contributed by atoms with van der Waals surface area (Å²) in [5.41, 5.74) is 7.36. The number of carbonyl (C=O) groups is 4. The molecule has 0 saturated heterocycles. The number of carbonyl (C=O) groups excluding carboxylic acids is 4. The van der Waals surface area contributed by atoms with Gasteiger partial charge in [-0.25, -0.2) is 9.97 Å². The molecule has 4 aromatic rings. The average molecular weight is 655 g/mol. The summed E-state index contributed by atoms with van der Waals surface area (Å²) >= 11 is 0. The van der Waals surface area contributed by atoms with E-state index in [2.05, 4.69) is 31.2 Å². The van der Waals surface area contributed by atoms with Gasteiger partial charge in [0, 0.05) is 37.6 Å². The summed E-state index contributed by atoms with van der Waals surface area (Å²) in [6.45, 7) is 4.22. The number of rotatable bonds is 7. The van der Waals surface area contributed by atoms with E-state index in [0.717, 1.165) is 5.56 Å². The summed E-state index contributed by atoms with van der Waals surface area (Å²) in [5, 5.41) is 11.1. The van der Waals surface area contributed by atoms with Gasteiger partial charge < -0.3 is 36.3 Å². The molecule has 0 aliphatic carbocycles. The van der Waals surface area contributed by atoms with Gasteiger partial charge in [-0.3, -0.25) is 24.0 Å². The normalized spacial score (nSPS) is 17.3. The number of hydrogen-bond donors (Lipinski definition) is 5. The van der Waals surface area contributed by atoms with Crippen LogP contribution in [0.2, 0.25) is 0 Å². The first kappa shape index (κ1) is 33.7. The first-order valence-electron chi connectivity index (χ1n) is 15.7. The molecule has 14 nitrogen and oxygen atoms in total. The molecule has 1 aliphatic rings. The monoisotopic (exact) mass is 654 g/mol. The van der Waals surface area contributed by atoms with Crippen LogP contribution in [0.5, 0.6) is 5.75 Å². The van der Waals surface area contributed by atoms with Crippen molar-refractivity contribution in [3.8, 4) is 5.75 Å². The minimum atomic E-state index is -0.849. The Bertz CT molecular complexity index is 1890. The number of fused-ring (bicyclic) bond motifs is 2. The Labute approximate surface area is 276 Å². The van der Waals surface area contributed by atoms with Crippen molar-refractivity contribution in [2.75, 3.05) is 25.0 Å². The van der Waals surface area contributed by atoms with Crippen LogP contribution >= 0.6 is 0 Å². The van der Waals surface area contributed by atoms with Gasteiger partial charge in [0.15, 0.2) is 11.2 Å². The van der Waals surface area contributed by atoms with Gasteiger partial charge in [-0.05, 0) is 57.0 Å². The van der Waals surface area contributed by atoms with Crippen LogP contribution in [0.1, 0.15) is 51.7 Å². The third-order valence-electron chi connectivity index (χ3n) is 7.81. The molecule has 2 atom stereocenters. The second-order valence-corrected chi connectivity index (χ2v) is 11.4. The molecule has 0 saturated carbocycles. The molecule has 2 aromatic carbocycles. The molecule has 1 aliphatic heterocycles. The number of anilines is 1. The lowest BCUT2D eigenvalue weighted by Crippen LogP contribution is -2.52. The van der Waals surface area contributed by atoms with Crippen LogP contribution in [0.3, 0.4) is 0 Å². The van der Waals surface area contributed by atoms with Crippen LogP contribution in [-0.2, 0) is 22.6 Å². The Balaban J connectivity index is 1.44. The number of amides is 4. The first-order valence-corrected chi connectivity index (χ1v) is 15.7. The molecule has 0 spiro atoms. The average Bonchev–Trinajstić information content (AvgIpc) is 3.07. The first-order chi connectivity index (χ1) is 23.2. The molecule has 48 heavy (non-hydrogen) atoms. The van der Waals surface area contributed by atoms with Gasteiger partial charge in [0.1, 0.15) is 24.0 Å². The second kappa shape index (κ2) is 15.3. The van der Waals surface area contributed by atoms with E-state index in [-0.39, 0.29) is 60.6 Å². The lowest BCUT2D eigenvalue weighted by atomic mass is 10.1. The molecule has 2 aromatic heterocycles. The summed E-state index contributed by atoms with van der Waals surface area (Å²) in [6, 6.07) is 12.6. The molecule has 4 amide bonds. The standard InChI is InChI=1S/C34H38N8O6/c1-3-42-18-25(30(44)29-31(42)38-20(2)17-37-29)33(46)39-22-9-10-27-24(16-22)32(45)36-14-12-28(43)41-26(11-13-35)34(47)40-23(19-48-27)15-21-7-5-4-6-8-21/h4-10,16-18,23,26H,3,11-15,19,35H2,1-2H3,(H,36,45)(H,39,46)(H,40,47)(H,41,43)/t23-,26+/m0/s1. The highest BCUT2D eigenvalue weighted by molar-refractivity contribution is 6.06. The molecule has 0 bridgehead atoms. The van der Waals surface area contributed by atoms with Crippen molar-refractivity contribution < 1.29 is 23.9 Å². The van der Waals surface area contributed by atoms with Gasteiger partial charge in [-0.2, -0.15) is 0 Å². The van der Waals surface area contributed by atoms with Crippen molar-refractivity contribution >= 4 is 40.5 Å². The Kier molecular flexibility index (Phi) is 10.8. The van der Waals surface area contributed by atoms with E-state index in [1.54, 1.807) is 17.6 Å². The number of benzene rings is 2. The van der Waals surface area contributed by atoms with Crippen molar-refractivity contribution in [3.05, 3.63) is 93.5 Å². The van der Waals surface area contributed by atoms with Gasteiger partial charge in [0.2, 0.25) is 17.2 Å². The molecule has 0 unspecified atom stereocenters. The van der Waals surface area contributed by atoms with Crippen LogP contribution in [0, 0.1) is 6.92 Å². The quantitative estimate of drug-likeness (QED) is 0.196. The third kappa shape index (κ3) is 8.01. The predicted molar refractivity (Wildman–Crippen MR) is 179 cm³/mol. The van der Waals surface area contributed by atoms with Gasteiger partial charge >= 0.3 is 0 Å². The summed E-state index contributed by atoms with van der Waals surface area (Å²) in [6.07, 6.45) is 3.47. The Hall–Kier alpha value is -5.63. The number of nitrogens with two attached hydrogens (primary N) is 1. The van der Waals surface area contributed by atoms with Gasteiger partial charge in [-0.1, -0.05) is 30.3 Å². The zero-order chi connectivity index (χ0) is 34.2. The molecule has 5 rings (SSSR count). The Morgan fingerprint density at radius 3 is 2.65 bits per heavy atom. The fourth-order valence-electron chi connectivity index (χ4n) is 5.37. The fraction of sp³-hybridized carbons (Fsp3) is 0.324. The minimum absolute atomic E-state index is 0.00985. The highest BCUT2D eigenvalue weighted by atomic mass is 16.5. The van der Waals surface area contributed by atoms with Crippen molar-refractivity contribution in [2.24, 2.45) is 5.73 Å². The number of hydrogen-bond acceptors (Lipinski definition) is 9. The highest BCUT2D eigenvalue weighted by Gasteiger charge is 2.25. The van der Waals surface area contributed by atoms with Crippen molar-refractivity contribution in [1.29, 1.82) is 0 Å². The Morgan fingerprint density at radius 2 is 1.90 bits per heavy atom. The number of aromatic nitrogens is 3. The van der Waals surface area contributed by atoms with Gasteiger partial charge in [0.25, 0.3) is 11.8 Å². The number of nitrogens with zero attached hydrogens (tertiary/aromatic N) is 3. The minimum Gasteiger partial charge on any atom is -0.491 e. The van der Waals surface area contributed by atoms with E-state index < -0.39 is 41.1 Å². The topological polar surface area (TPSA) is 199 Å². The molecule has 3 heterocycles. The van der Waals surface area contributed by atoms with Crippen LogP contribution < -0.4 is 37.2 Å². The molecule has 0 fully saturated rings. The zero-order valence-electron chi connectivity index (χ0n) is 26.7. The van der Waals surface area contributed by atoms with Crippen molar-refractivity contribution in [2.45, 2.75) is 51.7 Å². The van der Waals surface area contributed by atoms with E-state index in [9.17, 15) is 24.0 Å². The summed E-state index contributed by atoms with van der Waals surface area (Å²) in [5.74, 6) is -1.86. The fourth-order valence-corrected chi connectivity index (χ4v) is 5.37. The number of nitrogens with one attached hydrogen (secondary N) is 4. The largest absolute Gasteiger partial charge is 0.491 e. The van der Waals surface area contributed by atoms with E-state index in [4.69, 9.17) is 10.5 Å². The maximum Gasteiger partial charge on any atom is 0.261 e.